The van der Waals surface area contributed by atoms with Crippen LogP contribution in [0.3, 0.4) is 0 Å². The van der Waals surface area contributed by atoms with Crippen molar-refractivity contribution in [3.05, 3.63) is 121 Å². The SMILES string of the molecule is c1cc(Nc2cccc3c2oc2ccccc23)cc(-c2cccc3c2sc2c3ccc3oc4ccccc4c32)c1. The Morgan fingerprint density at radius 3 is 2.15 bits per heavy atom. The van der Waals surface area contributed by atoms with Crippen molar-refractivity contribution in [1.82, 2.24) is 0 Å². The number of fused-ring (bicyclic) bond motifs is 10. The van der Waals surface area contributed by atoms with E-state index in [-0.39, 0.29) is 0 Å². The zero-order valence-electron chi connectivity index (χ0n) is 21.3. The predicted molar refractivity (Wildman–Crippen MR) is 169 cm³/mol. The monoisotopic (exact) mass is 531 g/mol. The quantitative estimate of drug-likeness (QED) is 0.246. The van der Waals surface area contributed by atoms with Gasteiger partial charge in [-0.15, -0.1) is 11.3 Å². The largest absolute Gasteiger partial charge is 0.456 e. The Labute approximate surface area is 232 Å². The molecular formula is C36H21NO2S. The topological polar surface area (TPSA) is 38.3 Å². The maximum absolute atomic E-state index is 6.25. The standard InChI is InChI=1S/C36H21NO2S/c1-3-16-30-24(10-1)25-13-7-15-29(34(25)39-30)37-22-9-5-8-21(20-22)23-12-6-14-26-27-18-19-32-33(36(27)40-35(23)26)28-11-2-4-17-31(28)38-32/h1-20,37H. The molecule has 3 heterocycles. The van der Waals surface area contributed by atoms with Gasteiger partial charge in [-0.1, -0.05) is 78.9 Å². The lowest BCUT2D eigenvalue weighted by molar-refractivity contribution is 0.669. The van der Waals surface area contributed by atoms with Gasteiger partial charge in [-0.3, -0.25) is 0 Å². The van der Waals surface area contributed by atoms with E-state index in [1.54, 1.807) is 0 Å². The Morgan fingerprint density at radius 2 is 1.23 bits per heavy atom. The number of furan rings is 2. The van der Waals surface area contributed by atoms with Crippen LogP contribution >= 0.6 is 11.3 Å². The summed E-state index contributed by atoms with van der Waals surface area (Å²) in [5, 5.41) is 10.8. The molecule has 0 atom stereocenters. The normalized spacial score (nSPS) is 12.0. The van der Waals surface area contributed by atoms with E-state index in [0.29, 0.717) is 0 Å². The molecule has 9 rings (SSSR count). The Bertz CT molecular complexity index is 2420. The second kappa shape index (κ2) is 8.22. The van der Waals surface area contributed by atoms with Crippen molar-refractivity contribution in [3.63, 3.8) is 0 Å². The minimum Gasteiger partial charge on any atom is -0.456 e. The van der Waals surface area contributed by atoms with Crippen molar-refractivity contribution in [1.29, 1.82) is 0 Å². The molecule has 0 unspecified atom stereocenters. The fourth-order valence-electron chi connectivity index (χ4n) is 6.06. The van der Waals surface area contributed by atoms with Crippen molar-refractivity contribution in [2.24, 2.45) is 0 Å². The van der Waals surface area contributed by atoms with E-state index < -0.39 is 0 Å². The molecular weight excluding hydrogens is 510 g/mol. The number of nitrogens with one attached hydrogen (secondary N) is 1. The molecule has 9 aromatic rings. The van der Waals surface area contributed by atoms with Crippen LogP contribution in [0, 0.1) is 0 Å². The van der Waals surface area contributed by atoms with Crippen molar-refractivity contribution < 1.29 is 8.83 Å². The van der Waals surface area contributed by atoms with Crippen molar-refractivity contribution in [3.8, 4) is 11.1 Å². The zero-order valence-corrected chi connectivity index (χ0v) is 22.1. The van der Waals surface area contributed by atoms with E-state index in [0.717, 1.165) is 44.5 Å². The number of para-hydroxylation sites is 3. The molecule has 0 saturated heterocycles. The van der Waals surface area contributed by atoms with E-state index in [1.807, 2.05) is 35.6 Å². The van der Waals surface area contributed by atoms with Gasteiger partial charge >= 0.3 is 0 Å². The first kappa shape index (κ1) is 21.8. The molecule has 6 aromatic carbocycles. The van der Waals surface area contributed by atoms with Gasteiger partial charge < -0.3 is 14.2 Å². The van der Waals surface area contributed by atoms with Gasteiger partial charge in [0, 0.05) is 47.4 Å². The van der Waals surface area contributed by atoms with Gasteiger partial charge in [-0.05, 0) is 53.6 Å². The molecule has 0 aliphatic carbocycles. The van der Waals surface area contributed by atoms with Crippen LogP contribution in [0.5, 0.6) is 0 Å². The van der Waals surface area contributed by atoms with E-state index in [9.17, 15) is 0 Å². The lowest BCUT2D eigenvalue weighted by atomic mass is 10.0. The van der Waals surface area contributed by atoms with Crippen LogP contribution in [0.2, 0.25) is 0 Å². The molecule has 0 aliphatic heterocycles. The molecule has 0 saturated carbocycles. The molecule has 0 spiro atoms. The maximum atomic E-state index is 6.25. The number of benzene rings is 6. The molecule has 1 N–H and O–H groups in total. The van der Waals surface area contributed by atoms with Gasteiger partial charge in [-0.2, -0.15) is 0 Å². The summed E-state index contributed by atoms with van der Waals surface area (Å²) in [5.41, 5.74) is 8.02. The van der Waals surface area contributed by atoms with Crippen molar-refractivity contribution >= 4 is 86.8 Å². The van der Waals surface area contributed by atoms with Crippen LogP contribution in [0.15, 0.2) is 130 Å². The third kappa shape index (κ3) is 3.11. The highest BCUT2D eigenvalue weighted by Gasteiger charge is 2.17. The molecule has 3 nitrogen and oxygen atoms in total. The summed E-state index contributed by atoms with van der Waals surface area (Å²) in [6.07, 6.45) is 0. The van der Waals surface area contributed by atoms with Crippen LogP contribution in [-0.2, 0) is 0 Å². The summed E-state index contributed by atoms with van der Waals surface area (Å²) in [7, 11) is 0. The zero-order chi connectivity index (χ0) is 26.2. The Morgan fingerprint density at radius 1 is 0.500 bits per heavy atom. The fraction of sp³-hybridized carbons (Fsp3) is 0. The molecule has 0 radical (unpaired) electrons. The average molecular weight is 532 g/mol. The first-order valence-corrected chi connectivity index (χ1v) is 14.2. The summed E-state index contributed by atoms with van der Waals surface area (Å²) >= 11 is 1.85. The van der Waals surface area contributed by atoms with Gasteiger partial charge in [0.1, 0.15) is 16.7 Å². The molecule has 0 amide bonds. The molecule has 0 fully saturated rings. The third-order valence-electron chi connectivity index (χ3n) is 7.86. The highest BCUT2D eigenvalue weighted by atomic mass is 32.1. The fourth-order valence-corrected chi connectivity index (χ4v) is 7.45. The number of thiophene rings is 1. The van der Waals surface area contributed by atoms with Gasteiger partial charge in [-0.25, -0.2) is 0 Å². The average Bonchev–Trinajstić information content (AvgIpc) is 3.68. The highest BCUT2D eigenvalue weighted by molar-refractivity contribution is 7.27. The van der Waals surface area contributed by atoms with Gasteiger partial charge in [0.05, 0.1) is 5.69 Å². The van der Waals surface area contributed by atoms with Crippen LogP contribution < -0.4 is 5.32 Å². The number of anilines is 2. The molecule has 0 bridgehead atoms. The van der Waals surface area contributed by atoms with Gasteiger partial charge in [0.25, 0.3) is 0 Å². The number of hydrogen-bond acceptors (Lipinski definition) is 4. The van der Waals surface area contributed by atoms with Crippen LogP contribution in [0.25, 0.3) is 75.2 Å². The van der Waals surface area contributed by atoms with E-state index in [4.69, 9.17) is 8.83 Å². The smallest absolute Gasteiger partial charge is 0.158 e. The summed E-state index contributed by atoms with van der Waals surface area (Å²) in [5.74, 6) is 0. The highest BCUT2D eigenvalue weighted by Crippen LogP contribution is 2.45. The van der Waals surface area contributed by atoms with Crippen LogP contribution in [0.1, 0.15) is 0 Å². The molecule has 4 heteroatoms. The minimum absolute atomic E-state index is 0.872. The minimum atomic E-state index is 0.872. The second-order valence-corrected chi connectivity index (χ2v) is 11.2. The van der Waals surface area contributed by atoms with E-state index >= 15 is 0 Å². The molecule has 0 aliphatic rings. The lowest BCUT2D eigenvalue weighted by Gasteiger charge is -2.10. The maximum Gasteiger partial charge on any atom is 0.158 e. The summed E-state index contributed by atoms with van der Waals surface area (Å²) in [6, 6.07) is 42.3. The summed E-state index contributed by atoms with van der Waals surface area (Å²) < 4.78 is 15.0. The Balaban J connectivity index is 1.19. The summed E-state index contributed by atoms with van der Waals surface area (Å²) in [6.45, 7) is 0. The van der Waals surface area contributed by atoms with Crippen LogP contribution in [0.4, 0.5) is 11.4 Å². The molecule has 40 heavy (non-hydrogen) atoms. The van der Waals surface area contributed by atoms with E-state index in [1.165, 1.54) is 42.1 Å². The predicted octanol–water partition coefficient (Wildman–Crippen LogP) is 11.3. The Hall–Kier alpha value is -5.06. The second-order valence-electron chi connectivity index (χ2n) is 10.2. The van der Waals surface area contributed by atoms with Gasteiger partial charge in [0.15, 0.2) is 5.58 Å². The van der Waals surface area contributed by atoms with Crippen LogP contribution in [-0.4, -0.2) is 0 Å². The van der Waals surface area contributed by atoms with Crippen molar-refractivity contribution in [2.75, 3.05) is 5.32 Å². The Kier molecular flexibility index (Phi) is 4.48. The lowest BCUT2D eigenvalue weighted by Crippen LogP contribution is -1.91. The summed E-state index contributed by atoms with van der Waals surface area (Å²) in [4.78, 5) is 0. The first-order chi connectivity index (χ1) is 19.8. The molecule has 188 valence electrons. The number of hydrogen-bond donors (Lipinski definition) is 1. The van der Waals surface area contributed by atoms with Crippen molar-refractivity contribution in [2.45, 2.75) is 0 Å². The first-order valence-electron chi connectivity index (χ1n) is 13.3. The third-order valence-corrected chi connectivity index (χ3v) is 9.13. The number of rotatable bonds is 3. The van der Waals surface area contributed by atoms with E-state index in [2.05, 4.69) is 102 Å². The van der Waals surface area contributed by atoms with Gasteiger partial charge in [0.2, 0.25) is 0 Å². The molecule has 3 aromatic heterocycles.